The van der Waals surface area contributed by atoms with Gasteiger partial charge in [-0.2, -0.15) is 0 Å². The highest BCUT2D eigenvalue weighted by molar-refractivity contribution is 5.11. The van der Waals surface area contributed by atoms with Gasteiger partial charge in [-0.25, -0.2) is 0 Å². The fraction of sp³-hybridized carbons (Fsp3) is 1.00. The third kappa shape index (κ3) is 4.05. The molecule has 2 nitrogen and oxygen atoms in total. The molecule has 0 saturated heterocycles. The van der Waals surface area contributed by atoms with Gasteiger partial charge in [0, 0.05) is 0 Å². The van der Waals surface area contributed by atoms with Gasteiger partial charge in [0.05, 0.1) is 12.2 Å². The number of hydrogen-bond acceptors (Lipinski definition) is 2. The van der Waals surface area contributed by atoms with E-state index in [2.05, 4.69) is 41.5 Å². The largest absolute Gasteiger partial charge is 0.393 e. The van der Waals surface area contributed by atoms with Crippen LogP contribution in [-0.4, -0.2) is 22.4 Å². The SMILES string of the molecule is CC[C@@H](C)[C@H](C)CC[C@@H](C)[C@H]1CC[C@H]2[C@@H]3[C@@H](O)C[C@H]4C[C@@H](O)CC[C@]4(C)[C@H]3CC[C@]12C. The molecule has 2 N–H and O–H groups in total. The van der Waals surface area contributed by atoms with Crippen LogP contribution < -0.4 is 0 Å². The molecule has 0 aromatic rings. The minimum Gasteiger partial charge on any atom is -0.393 e. The molecule has 0 aromatic carbocycles. The van der Waals surface area contributed by atoms with Gasteiger partial charge in [-0.1, -0.05) is 60.8 Å². The van der Waals surface area contributed by atoms with Gasteiger partial charge in [-0.05, 0) is 110 Å². The lowest BCUT2D eigenvalue weighted by Gasteiger charge is -2.62. The molecule has 180 valence electrons. The van der Waals surface area contributed by atoms with E-state index in [-0.39, 0.29) is 12.2 Å². The second kappa shape index (κ2) is 8.94. The summed E-state index contributed by atoms with van der Waals surface area (Å²) in [5.74, 6) is 5.75. The Morgan fingerprint density at radius 3 is 2.19 bits per heavy atom. The summed E-state index contributed by atoms with van der Waals surface area (Å²) >= 11 is 0. The standard InChI is InChI=1S/C29H52O2/c1-7-18(2)19(3)8-9-20(4)23-10-11-24-27-25(13-15-29(23,24)6)28(5)14-12-22(30)16-21(28)17-26(27)31/h18-27,30-31H,7-17H2,1-6H3/t18-,19-,20-,21-,22+,23-,24+,25+,26+,27+,28+,29-/m1/s1. The summed E-state index contributed by atoms with van der Waals surface area (Å²) < 4.78 is 0. The molecule has 0 amide bonds. The van der Waals surface area contributed by atoms with E-state index in [1.807, 2.05) is 0 Å². The summed E-state index contributed by atoms with van der Waals surface area (Å²) in [5.41, 5.74) is 0.776. The van der Waals surface area contributed by atoms with Gasteiger partial charge >= 0.3 is 0 Å². The van der Waals surface area contributed by atoms with Crippen LogP contribution in [0, 0.1) is 58.2 Å². The summed E-state index contributed by atoms with van der Waals surface area (Å²) in [7, 11) is 0. The molecule has 0 bridgehead atoms. The van der Waals surface area contributed by atoms with E-state index in [4.69, 9.17) is 0 Å². The smallest absolute Gasteiger partial charge is 0.0577 e. The molecule has 4 fully saturated rings. The van der Waals surface area contributed by atoms with Crippen molar-refractivity contribution in [3.8, 4) is 0 Å². The van der Waals surface area contributed by atoms with E-state index >= 15 is 0 Å². The molecule has 0 aliphatic heterocycles. The molecular formula is C29H52O2. The summed E-state index contributed by atoms with van der Waals surface area (Å²) in [4.78, 5) is 0. The van der Waals surface area contributed by atoms with Gasteiger partial charge in [0.1, 0.15) is 0 Å². The van der Waals surface area contributed by atoms with Crippen LogP contribution in [0.1, 0.15) is 112 Å². The highest BCUT2D eigenvalue weighted by atomic mass is 16.3. The first-order valence-corrected chi connectivity index (χ1v) is 14.0. The molecule has 0 aromatic heterocycles. The summed E-state index contributed by atoms with van der Waals surface area (Å²) in [6.45, 7) is 14.9. The van der Waals surface area contributed by atoms with E-state index in [0.717, 1.165) is 42.9 Å². The van der Waals surface area contributed by atoms with Gasteiger partial charge in [-0.15, -0.1) is 0 Å². The maximum Gasteiger partial charge on any atom is 0.0577 e. The zero-order chi connectivity index (χ0) is 22.6. The van der Waals surface area contributed by atoms with Gasteiger partial charge < -0.3 is 10.2 Å². The molecule has 4 saturated carbocycles. The number of fused-ring (bicyclic) bond motifs is 5. The minimum absolute atomic E-state index is 0.134. The first-order chi connectivity index (χ1) is 14.6. The molecule has 2 heteroatoms. The summed E-state index contributed by atoms with van der Waals surface area (Å²) in [5, 5.41) is 21.7. The van der Waals surface area contributed by atoms with E-state index in [0.29, 0.717) is 34.5 Å². The fourth-order valence-corrected chi connectivity index (χ4v) is 9.59. The van der Waals surface area contributed by atoms with Crippen LogP contribution in [-0.2, 0) is 0 Å². The van der Waals surface area contributed by atoms with Gasteiger partial charge in [-0.3, -0.25) is 0 Å². The van der Waals surface area contributed by atoms with Crippen LogP contribution in [0.5, 0.6) is 0 Å². The molecule has 12 atom stereocenters. The highest BCUT2D eigenvalue weighted by Crippen LogP contribution is 2.68. The number of aliphatic hydroxyl groups is 2. The lowest BCUT2D eigenvalue weighted by Crippen LogP contribution is -2.58. The Bertz CT molecular complexity index is 618. The maximum absolute atomic E-state index is 11.4. The molecule has 0 heterocycles. The van der Waals surface area contributed by atoms with Crippen LogP contribution >= 0.6 is 0 Å². The zero-order valence-corrected chi connectivity index (χ0v) is 21.4. The van der Waals surface area contributed by atoms with Crippen molar-refractivity contribution in [1.29, 1.82) is 0 Å². The second-order valence-corrected chi connectivity index (χ2v) is 13.4. The normalized spacial score (nSPS) is 50.1. The topological polar surface area (TPSA) is 40.5 Å². The van der Waals surface area contributed by atoms with Crippen molar-refractivity contribution in [1.82, 2.24) is 0 Å². The number of aliphatic hydroxyl groups excluding tert-OH is 2. The molecule has 4 aliphatic rings. The zero-order valence-electron chi connectivity index (χ0n) is 21.4. The van der Waals surface area contributed by atoms with Crippen molar-refractivity contribution in [2.75, 3.05) is 0 Å². The van der Waals surface area contributed by atoms with Crippen molar-refractivity contribution in [3.05, 3.63) is 0 Å². The Balaban J connectivity index is 1.48. The van der Waals surface area contributed by atoms with Gasteiger partial charge in [0.2, 0.25) is 0 Å². The van der Waals surface area contributed by atoms with Crippen molar-refractivity contribution in [2.24, 2.45) is 58.2 Å². The predicted molar refractivity (Wildman–Crippen MR) is 130 cm³/mol. The van der Waals surface area contributed by atoms with Crippen LogP contribution in [0.3, 0.4) is 0 Å². The van der Waals surface area contributed by atoms with Crippen molar-refractivity contribution < 1.29 is 10.2 Å². The van der Waals surface area contributed by atoms with Crippen LogP contribution in [0.2, 0.25) is 0 Å². The minimum atomic E-state index is -0.141. The first-order valence-electron chi connectivity index (χ1n) is 14.0. The van der Waals surface area contributed by atoms with Crippen molar-refractivity contribution in [2.45, 2.75) is 124 Å². The van der Waals surface area contributed by atoms with Gasteiger partial charge in [0.25, 0.3) is 0 Å². The molecule has 4 rings (SSSR count). The lowest BCUT2D eigenvalue weighted by molar-refractivity contribution is -0.174. The van der Waals surface area contributed by atoms with Crippen LogP contribution in [0.15, 0.2) is 0 Å². The Hall–Kier alpha value is -0.0800. The Morgan fingerprint density at radius 1 is 0.806 bits per heavy atom. The summed E-state index contributed by atoms with van der Waals surface area (Å²) in [6.07, 6.45) is 13.2. The van der Waals surface area contributed by atoms with Crippen molar-refractivity contribution >= 4 is 0 Å². The predicted octanol–water partition coefficient (Wildman–Crippen LogP) is 7.08. The molecule has 4 aliphatic carbocycles. The summed E-state index contributed by atoms with van der Waals surface area (Å²) in [6, 6.07) is 0. The van der Waals surface area contributed by atoms with Crippen LogP contribution in [0.4, 0.5) is 0 Å². The number of hydrogen-bond donors (Lipinski definition) is 2. The second-order valence-electron chi connectivity index (χ2n) is 13.4. The van der Waals surface area contributed by atoms with E-state index in [9.17, 15) is 10.2 Å². The van der Waals surface area contributed by atoms with E-state index in [1.54, 1.807) is 0 Å². The van der Waals surface area contributed by atoms with Crippen LogP contribution in [0.25, 0.3) is 0 Å². The number of rotatable bonds is 6. The highest BCUT2D eigenvalue weighted by Gasteiger charge is 2.62. The maximum atomic E-state index is 11.4. The Labute approximate surface area is 193 Å². The fourth-order valence-electron chi connectivity index (χ4n) is 9.59. The quantitative estimate of drug-likeness (QED) is 0.471. The monoisotopic (exact) mass is 432 g/mol. The molecule has 0 spiro atoms. The van der Waals surface area contributed by atoms with Gasteiger partial charge in [0.15, 0.2) is 0 Å². The molecular weight excluding hydrogens is 380 g/mol. The Morgan fingerprint density at radius 2 is 1.48 bits per heavy atom. The van der Waals surface area contributed by atoms with Crippen molar-refractivity contribution in [3.63, 3.8) is 0 Å². The Kier molecular flexibility index (Phi) is 6.93. The average Bonchev–Trinajstić information content (AvgIpc) is 3.09. The first kappa shape index (κ1) is 24.1. The third-order valence-corrected chi connectivity index (χ3v) is 12.1. The molecule has 0 radical (unpaired) electrons. The van der Waals surface area contributed by atoms with E-state index < -0.39 is 0 Å². The third-order valence-electron chi connectivity index (χ3n) is 12.1. The molecule has 31 heavy (non-hydrogen) atoms. The van der Waals surface area contributed by atoms with E-state index in [1.165, 1.54) is 51.4 Å². The lowest BCUT2D eigenvalue weighted by atomic mass is 9.43. The average molecular weight is 433 g/mol. The molecule has 0 unspecified atom stereocenters.